The van der Waals surface area contributed by atoms with E-state index in [1.165, 1.54) is 10.5 Å². The number of pyridine rings is 1. The van der Waals surface area contributed by atoms with Crippen molar-refractivity contribution in [2.45, 2.75) is 31.2 Å². The molecule has 0 aromatic carbocycles. The Morgan fingerprint density at radius 1 is 1.38 bits per heavy atom. The standard InChI is InChI=1S/C16H22N4O3S/c1-3-23-16-7-5-14(10-18-16)24(21,22)19(2)11-13-4-6-15-17-8-9-20(15)12-13/h5,7-10,13H,3-4,6,11-12H2,1-2H3/t13-/m1/s1. The Hall–Kier alpha value is -1.93. The molecule has 0 saturated heterocycles. The summed E-state index contributed by atoms with van der Waals surface area (Å²) in [4.78, 5) is 8.53. The highest BCUT2D eigenvalue weighted by Gasteiger charge is 2.26. The number of fused-ring (bicyclic) bond motifs is 1. The number of aryl methyl sites for hydroxylation is 1. The second-order valence-corrected chi connectivity index (χ2v) is 8.00. The minimum absolute atomic E-state index is 0.188. The largest absolute Gasteiger partial charge is 0.478 e. The highest BCUT2D eigenvalue weighted by Crippen LogP contribution is 2.22. The summed E-state index contributed by atoms with van der Waals surface area (Å²) in [7, 11) is -1.92. The quantitative estimate of drug-likeness (QED) is 0.790. The van der Waals surface area contributed by atoms with Crippen LogP contribution in [0, 0.1) is 5.92 Å². The van der Waals surface area contributed by atoms with Crippen LogP contribution in [0.5, 0.6) is 5.88 Å². The van der Waals surface area contributed by atoms with Crippen LogP contribution in [0.3, 0.4) is 0 Å². The van der Waals surface area contributed by atoms with Crippen molar-refractivity contribution in [2.24, 2.45) is 5.92 Å². The van der Waals surface area contributed by atoms with Crippen molar-refractivity contribution in [2.75, 3.05) is 20.2 Å². The van der Waals surface area contributed by atoms with Crippen molar-refractivity contribution in [3.8, 4) is 5.88 Å². The third-order valence-electron chi connectivity index (χ3n) is 4.26. The van der Waals surface area contributed by atoms with Gasteiger partial charge in [-0.25, -0.2) is 22.7 Å². The van der Waals surface area contributed by atoms with Gasteiger partial charge in [0.05, 0.1) is 12.8 Å². The molecule has 3 rings (SSSR count). The molecule has 0 bridgehead atoms. The normalized spacial score (nSPS) is 17.7. The molecule has 0 N–H and O–H groups in total. The monoisotopic (exact) mass is 350 g/mol. The zero-order chi connectivity index (χ0) is 17.2. The Balaban J connectivity index is 1.68. The van der Waals surface area contributed by atoms with E-state index in [0.29, 0.717) is 19.0 Å². The molecular formula is C16H22N4O3S. The van der Waals surface area contributed by atoms with Crippen LogP contribution in [0.2, 0.25) is 0 Å². The summed E-state index contributed by atoms with van der Waals surface area (Å²) >= 11 is 0. The van der Waals surface area contributed by atoms with Gasteiger partial charge in [0.25, 0.3) is 0 Å². The summed E-state index contributed by atoms with van der Waals surface area (Å²) in [5.74, 6) is 1.79. The molecular weight excluding hydrogens is 328 g/mol. The Morgan fingerprint density at radius 2 is 2.21 bits per heavy atom. The summed E-state index contributed by atoms with van der Waals surface area (Å²) in [6.45, 7) is 3.64. The molecule has 0 radical (unpaired) electrons. The topological polar surface area (TPSA) is 77.3 Å². The average Bonchev–Trinajstić information content (AvgIpc) is 3.03. The maximum Gasteiger partial charge on any atom is 0.244 e. The van der Waals surface area contributed by atoms with Gasteiger partial charge < -0.3 is 9.30 Å². The Bertz CT molecular complexity index is 786. The van der Waals surface area contributed by atoms with Crippen LogP contribution in [0.15, 0.2) is 35.6 Å². The predicted octanol–water partition coefficient (Wildman–Crippen LogP) is 1.56. The zero-order valence-corrected chi connectivity index (χ0v) is 14.7. The summed E-state index contributed by atoms with van der Waals surface area (Å²) < 4.78 is 34.2. The molecule has 1 aliphatic heterocycles. The van der Waals surface area contributed by atoms with E-state index in [2.05, 4.69) is 14.5 Å². The van der Waals surface area contributed by atoms with Crippen molar-refractivity contribution >= 4 is 10.0 Å². The summed E-state index contributed by atoms with van der Waals surface area (Å²) in [6, 6.07) is 3.13. The van der Waals surface area contributed by atoms with Crippen molar-refractivity contribution in [1.29, 1.82) is 0 Å². The number of aromatic nitrogens is 3. The van der Waals surface area contributed by atoms with E-state index in [-0.39, 0.29) is 10.8 Å². The number of ether oxygens (including phenoxy) is 1. The number of rotatable bonds is 6. The van der Waals surface area contributed by atoms with Gasteiger partial charge in [-0.1, -0.05) is 0 Å². The van der Waals surface area contributed by atoms with Gasteiger partial charge in [0.15, 0.2) is 0 Å². The van der Waals surface area contributed by atoms with Gasteiger partial charge in [0.2, 0.25) is 15.9 Å². The maximum atomic E-state index is 12.7. The van der Waals surface area contributed by atoms with Crippen molar-refractivity contribution in [3.63, 3.8) is 0 Å². The molecule has 0 fully saturated rings. The lowest BCUT2D eigenvalue weighted by Gasteiger charge is -2.27. The van der Waals surface area contributed by atoms with Gasteiger partial charge >= 0.3 is 0 Å². The number of imidazole rings is 1. The molecule has 0 aliphatic carbocycles. The first kappa shape index (κ1) is 16.9. The van der Waals surface area contributed by atoms with Crippen molar-refractivity contribution < 1.29 is 13.2 Å². The van der Waals surface area contributed by atoms with Gasteiger partial charge in [-0.05, 0) is 25.3 Å². The smallest absolute Gasteiger partial charge is 0.244 e. The van der Waals surface area contributed by atoms with Crippen LogP contribution in [0.4, 0.5) is 0 Å². The van der Waals surface area contributed by atoms with E-state index in [1.807, 2.05) is 13.1 Å². The highest BCUT2D eigenvalue weighted by molar-refractivity contribution is 7.89. The molecule has 24 heavy (non-hydrogen) atoms. The fourth-order valence-electron chi connectivity index (χ4n) is 2.98. The summed E-state index contributed by atoms with van der Waals surface area (Å²) in [5, 5.41) is 0. The Morgan fingerprint density at radius 3 is 2.92 bits per heavy atom. The minimum atomic E-state index is -3.54. The lowest BCUT2D eigenvalue weighted by molar-refractivity contribution is 0.303. The van der Waals surface area contributed by atoms with E-state index in [1.54, 1.807) is 25.4 Å². The lowest BCUT2D eigenvalue weighted by atomic mass is 10.00. The fraction of sp³-hybridized carbons (Fsp3) is 0.500. The van der Waals surface area contributed by atoms with E-state index in [4.69, 9.17) is 4.74 Å². The van der Waals surface area contributed by atoms with Crippen LogP contribution in [-0.2, 0) is 23.0 Å². The van der Waals surface area contributed by atoms with E-state index in [9.17, 15) is 8.42 Å². The van der Waals surface area contributed by atoms with E-state index >= 15 is 0 Å². The first-order valence-electron chi connectivity index (χ1n) is 8.06. The molecule has 0 unspecified atom stereocenters. The van der Waals surface area contributed by atoms with Gasteiger partial charge in [-0.15, -0.1) is 0 Å². The molecule has 0 amide bonds. The molecule has 0 spiro atoms. The number of hydrogen-bond acceptors (Lipinski definition) is 5. The third kappa shape index (κ3) is 3.44. The molecule has 130 valence electrons. The SMILES string of the molecule is CCOc1ccc(S(=O)(=O)N(C)C[C@H]2CCc3nccn3C2)cn1. The van der Waals surface area contributed by atoms with E-state index in [0.717, 1.165) is 25.2 Å². The Labute approximate surface area is 142 Å². The predicted molar refractivity (Wildman–Crippen MR) is 89.3 cm³/mol. The average molecular weight is 350 g/mol. The molecule has 1 aliphatic rings. The molecule has 3 heterocycles. The number of sulfonamides is 1. The number of hydrogen-bond donors (Lipinski definition) is 0. The molecule has 2 aromatic heterocycles. The number of nitrogens with zero attached hydrogens (tertiary/aromatic N) is 4. The van der Waals surface area contributed by atoms with Gasteiger partial charge in [-0.2, -0.15) is 0 Å². The van der Waals surface area contributed by atoms with E-state index < -0.39 is 10.0 Å². The molecule has 0 saturated carbocycles. The second kappa shape index (κ2) is 6.90. The van der Waals surface area contributed by atoms with Crippen molar-refractivity contribution in [1.82, 2.24) is 18.8 Å². The van der Waals surface area contributed by atoms with Crippen LogP contribution in [0.25, 0.3) is 0 Å². The minimum Gasteiger partial charge on any atom is -0.478 e. The van der Waals surface area contributed by atoms with Crippen LogP contribution in [-0.4, -0.2) is 47.5 Å². The third-order valence-corrected chi connectivity index (χ3v) is 6.06. The molecule has 7 nitrogen and oxygen atoms in total. The summed E-state index contributed by atoms with van der Waals surface area (Å²) in [6.07, 6.45) is 6.93. The van der Waals surface area contributed by atoms with Gasteiger partial charge in [-0.3, -0.25) is 0 Å². The zero-order valence-electron chi connectivity index (χ0n) is 13.9. The Kier molecular flexibility index (Phi) is 4.86. The van der Waals surface area contributed by atoms with Gasteiger partial charge in [0.1, 0.15) is 10.7 Å². The highest BCUT2D eigenvalue weighted by atomic mass is 32.2. The first-order chi connectivity index (χ1) is 11.5. The maximum absolute atomic E-state index is 12.7. The van der Waals surface area contributed by atoms with Crippen LogP contribution in [0.1, 0.15) is 19.2 Å². The lowest BCUT2D eigenvalue weighted by Crippen LogP contribution is -2.35. The molecule has 8 heteroatoms. The molecule has 1 atom stereocenters. The first-order valence-corrected chi connectivity index (χ1v) is 9.50. The van der Waals surface area contributed by atoms with Crippen molar-refractivity contribution in [3.05, 3.63) is 36.5 Å². The van der Waals surface area contributed by atoms with Crippen LogP contribution >= 0.6 is 0 Å². The fourth-order valence-corrected chi connectivity index (χ4v) is 4.17. The van der Waals surface area contributed by atoms with Crippen LogP contribution < -0.4 is 4.74 Å². The second-order valence-electron chi connectivity index (χ2n) is 5.95. The van der Waals surface area contributed by atoms with Gasteiger partial charge in [0, 0.05) is 45.0 Å². The summed E-state index contributed by atoms with van der Waals surface area (Å²) in [5.41, 5.74) is 0. The molecule has 2 aromatic rings.